The van der Waals surface area contributed by atoms with Crippen LogP contribution >= 0.6 is 11.6 Å². The minimum Gasteiger partial charge on any atom is -0.504 e. The number of aryl methyl sites for hydroxylation is 1. The summed E-state index contributed by atoms with van der Waals surface area (Å²) in [6.07, 6.45) is 32.8. The van der Waals surface area contributed by atoms with Gasteiger partial charge in [-0.3, -0.25) is 14.4 Å². The van der Waals surface area contributed by atoms with Crippen LogP contribution in [0.15, 0.2) is 126 Å². The second kappa shape index (κ2) is 28.6. The Bertz CT molecular complexity index is 5820. The molecule has 17 heteroatoms. The first-order valence-corrected chi connectivity index (χ1v) is 48.3. The molecule has 21 rings (SSSR count). The lowest BCUT2D eigenvalue weighted by Gasteiger charge is -2.70. The van der Waals surface area contributed by atoms with Crippen LogP contribution in [0.4, 0.5) is 4.39 Å². The van der Waals surface area contributed by atoms with Gasteiger partial charge >= 0.3 is 17.9 Å². The van der Waals surface area contributed by atoms with Gasteiger partial charge in [-0.05, 0) is 377 Å². The molecule has 12 N–H and O–H groups in total. The molecule has 21 atom stereocenters. The molecule has 684 valence electrons. The maximum absolute atomic E-state index is 14.2. The molecular formula is C112H135ClFN3O12. The van der Waals surface area contributed by atoms with Crippen LogP contribution in [0, 0.1) is 116 Å². The summed E-state index contributed by atoms with van der Waals surface area (Å²) in [5, 5.41) is 101. The van der Waals surface area contributed by atoms with Crippen molar-refractivity contribution in [3.8, 4) is 34.5 Å². The summed E-state index contributed by atoms with van der Waals surface area (Å²) in [6.45, 7) is 42.7. The highest BCUT2D eigenvalue weighted by molar-refractivity contribution is 6.31. The third-order valence-electron chi connectivity index (χ3n) is 41.1. The molecule has 0 bridgehead atoms. The number of H-pyrrole nitrogens is 3. The Morgan fingerprint density at radius 2 is 0.643 bits per heavy atom. The van der Waals surface area contributed by atoms with E-state index in [9.17, 15) is 64.7 Å². The van der Waals surface area contributed by atoms with E-state index >= 15 is 0 Å². The number of carboxylic acid groups (broad SMARTS) is 3. The largest absolute Gasteiger partial charge is 0.504 e. The van der Waals surface area contributed by atoms with E-state index in [0.717, 1.165) is 205 Å². The molecule has 12 aliphatic rings. The van der Waals surface area contributed by atoms with Crippen molar-refractivity contribution in [2.45, 2.75) is 300 Å². The molecule has 0 unspecified atom stereocenters. The fourth-order valence-electron chi connectivity index (χ4n) is 31.8. The van der Waals surface area contributed by atoms with Crippen LogP contribution in [0.5, 0.6) is 34.5 Å². The van der Waals surface area contributed by atoms with Gasteiger partial charge in [0, 0.05) is 90.3 Å². The maximum Gasteiger partial charge on any atom is 0.309 e. The number of carboxylic acids is 3. The first-order chi connectivity index (χ1) is 60.2. The third-order valence-corrected chi connectivity index (χ3v) is 41.4. The molecule has 9 saturated carbocycles. The van der Waals surface area contributed by atoms with E-state index in [1.165, 1.54) is 45.4 Å². The van der Waals surface area contributed by atoms with Crippen molar-refractivity contribution in [2.24, 2.45) is 82.7 Å². The molecule has 129 heavy (non-hydrogen) atoms. The number of rotatable bonds is 6. The van der Waals surface area contributed by atoms with Gasteiger partial charge in [0.15, 0.2) is 34.5 Å². The molecule has 3 heterocycles. The molecule has 0 saturated heterocycles. The van der Waals surface area contributed by atoms with Crippen molar-refractivity contribution < 1.29 is 64.7 Å². The zero-order valence-corrected chi connectivity index (χ0v) is 80.0. The molecule has 0 spiro atoms. The second-order valence-corrected chi connectivity index (χ2v) is 47.8. The van der Waals surface area contributed by atoms with Gasteiger partial charge in [0.2, 0.25) is 0 Å². The molecule has 6 aromatic carbocycles. The minimum atomic E-state index is -0.720. The average Bonchev–Trinajstić information content (AvgIpc) is 1.50. The Morgan fingerprint density at radius 3 is 0.961 bits per heavy atom. The second-order valence-electron chi connectivity index (χ2n) is 47.4. The number of hydrogen-bond donors (Lipinski definition) is 12. The monoisotopic (exact) mass is 1770 g/mol. The van der Waals surface area contributed by atoms with Crippen molar-refractivity contribution >= 4 is 62.2 Å². The molecule has 9 fully saturated rings. The Hall–Kier alpha value is -9.41. The first kappa shape index (κ1) is 88.8. The van der Waals surface area contributed by atoms with Crippen LogP contribution in [-0.4, -0.2) is 78.8 Å². The fourth-order valence-corrected chi connectivity index (χ4v) is 32.0. The van der Waals surface area contributed by atoms with Gasteiger partial charge in [0.1, 0.15) is 5.82 Å². The van der Waals surface area contributed by atoms with E-state index in [-0.39, 0.29) is 129 Å². The van der Waals surface area contributed by atoms with E-state index < -0.39 is 34.2 Å². The van der Waals surface area contributed by atoms with Gasteiger partial charge in [0.25, 0.3) is 0 Å². The number of phenolic OH excluding ortho intramolecular Hbond substituents is 6. The summed E-state index contributed by atoms with van der Waals surface area (Å²) >= 11 is 6.35. The molecule has 12 aliphatic carbocycles. The number of benzene rings is 6. The molecule has 0 radical (unpaired) electrons. The van der Waals surface area contributed by atoms with Crippen LogP contribution in [0.3, 0.4) is 0 Å². The number of hydrogen-bond acceptors (Lipinski definition) is 9. The van der Waals surface area contributed by atoms with E-state index in [0.29, 0.717) is 35.3 Å². The van der Waals surface area contributed by atoms with Gasteiger partial charge in [-0.1, -0.05) is 148 Å². The number of halogens is 2. The maximum atomic E-state index is 14.2. The zero-order chi connectivity index (χ0) is 92.7. The first-order valence-electron chi connectivity index (χ1n) is 47.9. The summed E-state index contributed by atoms with van der Waals surface area (Å²) in [5.74, 6) is -2.22. The highest BCUT2D eigenvalue weighted by Gasteiger charge is 2.72. The van der Waals surface area contributed by atoms with E-state index in [4.69, 9.17) is 11.6 Å². The summed E-state index contributed by atoms with van der Waals surface area (Å²) in [4.78, 5) is 47.9. The number of aromatic amines is 3. The number of fused-ring (bicyclic) bond motifs is 24. The van der Waals surface area contributed by atoms with Crippen molar-refractivity contribution in [3.05, 3.63) is 209 Å². The van der Waals surface area contributed by atoms with Crippen LogP contribution in [0.1, 0.15) is 329 Å². The van der Waals surface area contributed by atoms with Crippen molar-refractivity contribution in [3.63, 3.8) is 0 Å². The van der Waals surface area contributed by atoms with Crippen LogP contribution in [0.25, 0.3) is 32.7 Å². The van der Waals surface area contributed by atoms with E-state index in [1.807, 2.05) is 78.1 Å². The predicted molar refractivity (Wildman–Crippen MR) is 508 cm³/mol. The van der Waals surface area contributed by atoms with Crippen molar-refractivity contribution in [2.75, 3.05) is 0 Å². The lowest BCUT2D eigenvalue weighted by molar-refractivity contribution is -0.177. The number of phenols is 6. The Balaban J connectivity index is 0.000000126. The number of aromatic nitrogens is 3. The third kappa shape index (κ3) is 12.1. The number of carbonyl (C=O) groups is 3. The Morgan fingerprint density at radius 1 is 0.357 bits per heavy atom. The standard InChI is InChI=1S/C38H47NO4.C37H44ClNO4.C37H44FNO4/c1-21-8-9-23-25(20-39-27(23)16-21)24-17-29-36(5,26-18-28(40)32(41)22(2)31(24)26)13-15-38(7)30-19-35(4,33(42)43)11-10-34(30,3)12-14-37(29,38)6;2*1-20-30-23(24-19-39-26-15-21(38)7-8-22(24)26)16-28-35(4,25(30)17-27(40)31(20)41)12-14-37(6)29-18-34(3,32(42)43)10-9-33(29,2)11-13-36(28,37)5/h8-9,16-18,20,24,30,39-41H,10-15,19H2,1-7H3,(H,42,43);2*7-8,15-17,19,23,29,39-41H,9-14,18H2,1-6H3,(H,42,43)/t24-,30+,34+,35+,36-,37+,38-;2*23-,29+,33+,34+,35-,36+,37-/m000/s1. The van der Waals surface area contributed by atoms with Gasteiger partial charge < -0.3 is 60.9 Å². The normalized spacial score (nSPS) is 38.4. The zero-order valence-electron chi connectivity index (χ0n) is 79.2. The molecule has 0 aliphatic heterocycles. The fraction of sp³-hybridized carbons (Fsp3) is 0.545. The molecule has 3 aromatic heterocycles. The number of aromatic hydroxyl groups is 6. The number of nitrogens with one attached hydrogen (secondary N) is 3. The predicted octanol–water partition coefficient (Wildman–Crippen LogP) is 27.2. The molecule has 9 aromatic rings. The molecule has 0 amide bonds. The summed E-state index contributed by atoms with van der Waals surface area (Å²) in [7, 11) is 0. The highest BCUT2D eigenvalue weighted by Crippen LogP contribution is 2.80. The summed E-state index contributed by atoms with van der Waals surface area (Å²) in [5.41, 5.74) is 16.7. The lowest BCUT2D eigenvalue weighted by Crippen LogP contribution is -2.62. The number of aliphatic carboxylic acids is 3. The Kier molecular flexibility index (Phi) is 19.7. The van der Waals surface area contributed by atoms with Crippen LogP contribution in [-0.2, 0) is 30.6 Å². The van der Waals surface area contributed by atoms with Crippen LogP contribution in [0.2, 0.25) is 5.02 Å². The SMILES string of the molecule is Cc1c(O)c(O)cc2c1[C@H](c1c[nH]c3cc(Cl)ccc13)C=C1[C@@]2(C)CC[C@@]2(C)[C@@H]3C[C@](C)(C(=O)O)CC[C@]3(C)CC[C@]12C.Cc1c(O)c(O)cc2c1[C@H](c1c[nH]c3cc(F)ccc13)C=C1[C@@]2(C)CC[C@@]2(C)[C@@H]3C[C@](C)(C(=O)O)CC[C@]3(C)CC[C@]12C.Cc1ccc2c([C@@H]3C=C4[C@@](C)(CC[C@@]5(C)[C@@H]6C[C@](C)(C(=O)O)CC[C@]6(C)CC[C@]45C)c4cc(O)c(O)c(C)c43)c[nH]c2c1. The van der Waals surface area contributed by atoms with Gasteiger partial charge in [-0.25, -0.2) is 4.39 Å². The number of allylic oxidation sites excluding steroid dienone is 6. The average molecular weight is 1770 g/mol. The van der Waals surface area contributed by atoms with Crippen molar-refractivity contribution in [1.29, 1.82) is 0 Å². The van der Waals surface area contributed by atoms with Gasteiger partial charge in [0.05, 0.1) is 16.2 Å². The van der Waals surface area contributed by atoms with Crippen molar-refractivity contribution in [1.82, 2.24) is 15.0 Å². The van der Waals surface area contributed by atoms with Gasteiger partial charge in [-0.2, -0.15) is 0 Å². The highest BCUT2D eigenvalue weighted by atomic mass is 35.5. The minimum absolute atomic E-state index is 0.0321. The van der Waals surface area contributed by atoms with Gasteiger partial charge in [-0.15, -0.1) is 0 Å². The topological polar surface area (TPSA) is 281 Å². The smallest absolute Gasteiger partial charge is 0.309 e. The quantitative estimate of drug-likeness (QED) is 0.0547. The Labute approximate surface area is 764 Å². The summed E-state index contributed by atoms with van der Waals surface area (Å²) < 4.78 is 14.2. The molecular weight excluding hydrogens is 1630 g/mol. The molecule has 15 nitrogen and oxygen atoms in total. The van der Waals surface area contributed by atoms with Crippen LogP contribution < -0.4 is 0 Å². The lowest BCUT2D eigenvalue weighted by atomic mass is 9.34. The van der Waals surface area contributed by atoms with E-state index in [2.05, 4.69) is 160 Å². The summed E-state index contributed by atoms with van der Waals surface area (Å²) in [6, 6.07) is 22.8. The van der Waals surface area contributed by atoms with E-state index in [1.54, 1.807) is 6.07 Å².